The Balaban J connectivity index is 1.50. The van der Waals surface area contributed by atoms with Crippen LogP contribution in [0.25, 0.3) is 5.00 Å². The molecule has 184 valence electrons. The van der Waals surface area contributed by atoms with Gasteiger partial charge in [0.25, 0.3) is 0 Å². The Morgan fingerprint density at radius 2 is 2.03 bits per heavy atom. The number of aromatic nitrogens is 3. The lowest BCUT2D eigenvalue weighted by atomic mass is 9.82. The highest BCUT2D eigenvalue weighted by atomic mass is 35.5. The molecule has 3 aromatic rings. The van der Waals surface area contributed by atoms with Crippen LogP contribution in [0, 0.1) is 12.8 Å². The molecule has 5 nitrogen and oxygen atoms in total. The molecule has 7 heteroatoms. The third kappa shape index (κ3) is 4.15. The van der Waals surface area contributed by atoms with E-state index in [-0.39, 0.29) is 5.92 Å². The van der Waals surface area contributed by atoms with Crippen LogP contribution in [0.15, 0.2) is 47.7 Å². The van der Waals surface area contributed by atoms with Crippen molar-refractivity contribution >= 4 is 22.9 Å². The average Bonchev–Trinajstić information content (AvgIpc) is 3.52. The molecule has 2 aromatic heterocycles. The molecule has 1 aromatic carbocycles. The molecule has 2 aliphatic rings. The molecule has 5 rings (SSSR count). The summed E-state index contributed by atoms with van der Waals surface area (Å²) in [4.78, 5) is 1.42. The normalized spacial score (nSPS) is 20.1. The highest BCUT2D eigenvalue weighted by molar-refractivity contribution is 7.15. The molecule has 0 aliphatic heterocycles. The summed E-state index contributed by atoms with van der Waals surface area (Å²) in [7, 11) is 0. The van der Waals surface area contributed by atoms with Gasteiger partial charge in [0.2, 0.25) is 0 Å². The molecular weight excluding hydrogens is 474 g/mol. The molecule has 0 spiro atoms. The fourth-order valence-electron chi connectivity index (χ4n) is 5.69. The zero-order valence-corrected chi connectivity index (χ0v) is 22.6. The summed E-state index contributed by atoms with van der Waals surface area (Å²) in [5, 5.41) is 14.4. The van der Waals surface area contributed by atoms with Crippen molar-refractivity contribution in [3.63, 3.8) is 0 Å². The van der Waals surface area contributed by atoms with E-state index >= 15 is 0 Å². The number of thiophene rings is 1. The molecule has 0 saturated heterocycles. The van der Waals surface area contributed by atoms with Crippen molar-refractivity contribution < 1.29 is 0 Å². The van der Waals surface area contributed by atoms with Crippen molar-refractivity contribution in [3.8, 4) is 5.00 Å². The van der Waals surface area contributed by atoms with Gasteiger partial charge in [0.15, 0.2) is 5.82 Å². The van der Waals surface area contributed by atoms with Gasteiger partial charge >= 0.3 is 0 Å². The molecule has 2 heterocycles. The molecule has 0 saturated carbocycles. The maximum atomic E-state index is 6.67. The second-order valence-corrected chi connectivity index (χ2v) is 11.3. The summed E-state index contributed by atoms with van der Waals surface area (Å²) in [6, 6.07) is 8.60. The standard InChI is InChI=1S/C28H34ClN5S/c1-6-19-12-24(15(19)2)31-17(4)20-11-22-25(13-20)35-28(34-18(5)32-33-26(34)14-30)27(22)16(3)21-9-7-8-10-23(21)29/h7-10,16,20,24,31H,4,6,11-14,30H2,1-3,5H3/t16?,20-,24?/m0/s1. The van der Waals surface area contributed by atoms with Gasteiger partial charge in [0.05, 0.1) is 12.6 Å². The van der Waals surface area contributed by atoms with E-state index in [1.54, 1.807) is 5.57 Å². The van der Waals surface area contributed by atoms with Crippen molar-refractivity contribution in [3.05, 3.63) is 85.9 Å². The minimum Gasteiger partial charge on any atom is -0.382 e. The van der Waals surface area contributed by atoms with Crippen LogP contribution in [-0.4, -0.2) is 20.8 Å². The van der Waals surface area contributed by atoms with Gasteiger partial charge in [0.1, 0.15) is 10.8 Å². The maximum Gasteiger partial charge on any atom is 0.152 e. The van der Waals surface area contributed by atoms with E-state index in [0.29, 0.717) is 18.5 Å². The van der Waals surface area contributed by atoms with Crippen molar-refractivity contribution in [2.24, 2.45) is 11.7 Å². The highest BCUT2D eigenvalue weighted by Crippen LogP contribution is 2.47. The molecule has 0 bridgehead atoms. The van der Waals surface area contributed by atoms with Crippen LogP contribution in [0.3, 0.4) is 0 Å². The SMILES string of the molecule is C=C(NC1CC(CC)=C1C)[C@@H]1Cc2sc(-n3c(C)nnc3CN)c(C(C)c3ccccc3Cl)c2C1. The number of nitrogens with one attached hydrogen (secondary N) is 1. The lowest BCUT2D eigenvalue weighted by Gasteiger charge is -2.34. The van der Waals surface area contributed by atoms with Gasteiger partial charge < -0.3 is 11.1 Å². The van der Waals surface area contributed by atoms with Crippen LogP contribution in [0.5, 0.6) is 0 Å². The van der Waals surface area contributed by atoms with Crippen molar-refractivity contribution in [2.45, 2.75) is 71.9 Å². The van der Waals surface area contributed by atoms with E-state index in [2.05, 4.69) is 59.6 Å². The number of hydrogen-bond acceptors (Lipinski definition) is 5. The first-order valence-electron chi connectivity index (χ1n) is 12.5. The minimum atomic E-state index is 0.134. The lowest BCUT2D eigenvalue weighted by molar-refractivity contribution is 0.498. The van der Waals surface area contributed by atoms with Crippen LogP contribution in [0.1, 0.15) is 72.7 Å². The number of halogens is 1. The van der Waals surface area contributed by atoms with Gasteiger partial charge in [-0.1, -0.05) is 61.4 Å². The predicted octanol–water partition coefficient (Wildman–Crippen LogP) is 6.22. The summed E-state index contributed by atoms with van der Waals surface area (Å²) in [5.41, 5.74) is 14.2. The third-order valence-electron chi connectivity index (χ3n) is 7.89. The van der Waals surface area contributed by atoms with Crippen LogP contribution in [-0.2, 0) is 19.4 Å². The Morgan fingerprint density at radius 1 is 1.26 bits per heavy atom. The second kappa shape index (κ2) is 9.57. The molecule has 3 atom stereocenters. The molecule has 3 N–H and O–H groups in total. The minimum absolute atomic E-state index is 0.134. The van der Waals surface area contributed by atoms with E-state index in [4.69, 9.17) is 17.3 Å². The van der Waals surface area contributed by atoms with Gasteiger partial charge in [-0.25, -0.2) is 0 Å². The average molecular weight is 508 g/mol. The topological polar surface area (TPSA) is 68.8 Å². The van der Waals surface area contributed by atoms with Crippen molar-refractivity contribution in [2.75, 3.05) is 0 Å². The quantitative estimate of drug-likeness (QED) is 0.355. The molecule has 35 heavy (non-hydrogen) atoms. The number of hydrogen-bond donors (Lipinski definition) is 2. The molecule has 0 amide bonds. The maximum absolute atomic E-state index is 6.67. The Morgan fingerprint density at radius 3 is 2.71 bits per heavy atom. The van der Waals surface area contributed by atoms with E-state index in [1.807, 2.05) is 30.4 Å². The number of nitrogens with zero attached hydrogens (tertiary/aromatic N) is 3. The molecule has 2 unspecified atom stereocenters. The Bertz CT molecular complexity index is 1320. The monoisotopic (exact) mass is 507 g/mol. The highest BCUT2D eigenvalue weighted by Gasteiger charge is 2.35. The summed E-state index contributed by atoms with van der Waals surface area (Å²) in [6.07, 6.45) is 4.28. The number of rotatable bonds is 8. The summed E-state index contributed by atoms with van der Waals surface area (Å²) < 4.78 is 2.14. The van der Waals surface area contributed by atoms with Crippen LogP contribution in [0.4, 0.5) is 0 Å². The first-order chi connectivity index (χ1) is 16.8. The van der Waals surface area contributed by atoms with Crippen LogP contribution < -0.4 is 11.1 Å². The van der Waals surface area contributed by atoms with E-state index in [0.717, 1.165) is 53.6 Å². The first-order valence-corrected chi connectivity index (χ1v) is 13.7. The van der Waals surface area contributed by atoms with E-state index in [9.17, 15) is 0 Å². The van der Waals surface area contributed by atoms with E-state index < -0.39 is 0 Å². The lowest BCUT2D eigenvalue weighted by Crippen LogP contribution is -2.38. The molecule has 0 radical (unpaired) electrons. The predicted molar refractivity (Wildman–Crippen MR) is 145 cm³/mol. The van der Waals surface area contributed by atoms with Gasteiger partial charge in [-0.05, 0) is 62.3 Å². The zero-order valence-electron chi connectivity index (χ0n) is 21.0. The van der Waals surface area contributed by atoms with Gasteiger partial charge in [-0.15, -0.1) is 21.5 Å². The fraction of sp³-hybridized carbons (Fsp3) is 0.429. The number of allylic oxidation sites excluding steroid dienone is 1. The molecule has 2 aliphatic carbocycles. The number of fused-ring (bicyclic) bond motifs is 1. The number of nitrogens with two attached hydrogens (primary N) is 1. The Hall–Kier alpha value is -2.41. The van der Waals surface area contributed by atoms with Gasteiger partial charge in [-0.2, -0.15) is 0 Å². The smallest absolute Gasteiger partial charge is 0.152 e. The summed E-state index contributed by atoms with van der Waals surface area (Å²) >= 11 is 8.52. The van der Waals surface area contributed by atoms with Crippen LogP contribution in [0.2, 0.25) is 5.02 Å². The summed E-state index contributed by atoms with van der Waals surface area (Å²) in [6.45, 7) is 13.6. The number of benzene rings is 1. The van der Waals surface area contributed by atoms with Crippen molar-refractivity contribution in [1.29, 1.82) is 0 Å². The Kier molecular flexibility index (Phi) is 6.64. The van der Waals surface area contributed by atoms with Crippen molar-refractivity contribution in [1.82, 2.24) is 20.1 Å². The van der Waals surface area contributed by atoms with Gasteiger partial charge in [0, 0.05) is 27.4 Å². The fourth-order valence-corrected chi connectivity index (χ4v) is 7.56. The zero-order chi connectivity index (χ0) is 24.9. The largest absolute Gasteiger partial charge is 0.382 e. The first kappa shape index (κ1) is 24.3. The molecular formula is C28H34ClN5S. The van der Waals surface area contributed by atoms with Gasteiger partial charge in [-0.3, -0.25) is 4.57 Å². The molecule has 0 fully saturated rings. The summed E-state index contributed by atoms with van der Waals surface area (Å²) in [5.74, 6) is 2.18. The Labute approximate surface area is 217 Å². The van der Waals surface area contributed by atoms with Crippen LogP contribution >= 0.6 is 22.9 Å². The van der Waals surface area contributed by atoms with E-state index in [1.165, 1.54) is 26.6 Å². The third-order valence-corrected chi connectivity index (χ3v) is 9.49. The number of aryl methyl sites for hydroxylation is 1. The second-order valence-electron chi connectivity index (χ2n) is 9.84.